The SMILES string of the molecule is NCC(O)C(O)C(O)C(O)CN(C(=S)[S-])C(F)(F)F. The molecule has 0 bridgehead atoms. The van der Waals surface area contributed by atoms with Crippen molar-refractivity contribution in [1.29, 1.82) is 0 Å². The predicted octanol–water partition coefficient (Wildman–Crippen LogP) is -1.96. The summed E-state index contributed by atoms with van der Waals surface area (Å²) in [4.78, 5) is -0.437. The largest absolute Gasteiger partial charge is 0.483 e. The second-order valence-corrected chi connectivity index (χ2v) is 4.73. The van der Waals surface area contributed by atoms with Crippen LogP contribution in [0.5, 0.6) is 0 Å². The van der Waals surface area contributed by atoms with Crippen LogP contribution < -0.4 is 5.73 Å². The fraction of sp³-hybridized carbons (Fsp3) is 0.875. The minimum atomic E-state index is -4.92. The molecule has 0 heterocycles. The van der Waals surface area contributed by atoms with Gasteiger partial charge in [0, 0.05) is 6.54 Å². The molecule has 0 spiro atoms. The number of aliphatic hydroxyl groups is 4. The molecule has 0 aliphatic rings. The van der Waals surface area contributed by atoms with Crippen LogP contribution in [0.25, 0.3) is 0 Å². The minimum Gasteiger partial charge on any atom is -0.411 e. The molecule has 19 heavy (non-hydrogen) atoms. The number of hydrogen-bond acceptors (Lipinski definition) is 7. The summed E-state index contributed by atoms with van der Waals surface area (Å²) < 4.78 is 36.4. The van der Waals surface area contributed by atoms with E-state index in [2.05, 4.69) is 24.8 Å². The number of thiocarbonyl (C=S) groups is 1. The second-order valence-electron chi connectivity index (χ2n) is 3.70. The van der Waals surface area contributed by atoms with E-state index in [1.165, 1.54) is 0 Å². The van der Waals surface area contributed by atoms with Crippen molar-refractivity contribution >= 4 is 29.2 Å². The molecule has 0 saturated heterocycles. The summed E-state index contributed by atoms with van der Waals surface area (Å²) in [7, 11) is 0. The average molecular weight is 323 g/mol. The Morgan fingerprint density at radius 2 is 1.58 bits per heavy atom. The normalized spacial score (nSPS) is 18.5. The van der Waals surface area contributed by atoms with Crippen molar-refractivity contribution in [3.8, 4) is 0 Å². The lowest BCUT2D eigenvalue weighted by Gasteiger charge is -2.34. The number of nitrogens with two attached hydrogens (primary N) is 1. The highest BCUT2D eigenvalue weighted by atomic mass is 32.1. The Labute approximate surface area is 118 Å². The van der Waals surface area contributed by atoms with Crippen LogP contribution in [-0.2, 0) is 12.6 Å². The maximum Gasteiger partial charge on any atom is 0.483 e. The zero-order chi connectivity index (χ0) is 15.4. The van der Waals surface area contributed by atoms with Crippen LogP contribution in [0.1, 0.15) is 0 Å². The van der Waals surface area contributed by atoms with Crippen LogP contribution in [0.15, 0.2) is 0 Å². The highest BCUT2D eigenvalue weighted by Crippen LogP contribution is 2.22. The molecule has 6 N–H and O–H groups in total. The Hall–Kier alpha value is -0.300. The predicted molar refractivity (Wildman–Crippen MR) is 65.8 cm³/mol. The first-order valence-electron chi connectivity index (χ1n) is 5.00. The topological polar surface area (TPSA) is 110 Å². The lowest BCUT2D eigenvalue weighted by Crippen LogP contribution is -2.53. The van der Waals surface area contributed by atoms with Gasteiger partial charge in [0.2, 0.25) is 0 Å². The van der Waals surface area contributed by atoms with Gasteiger partial charge in [0.15, 0.2) is 0 Å². The molecule has 0 radical (unpaired) electrons. The van der Waals surface area contributed by atoms with Crippen molar-refractivity contribution in [3.05, 3.63) is 0 Å². The van der Waals surface area contributed by atoms with Gasteiger partial charge in [-0.3, -0.25) is 4.90 Å². The smallest absolute Gasteiger partial charge is 0.411 e. The van der Waals surface area contributed by atoms with E-state index in [0.29, 0.717) is 0 Å². The van der Waals surface area contributed by atoms with Crippen molar-refractivity contribution in [3.63, 3.8) is 0 Å². The van der Waals surface area contributed by atoms with E-state index in [-0.39, 0.29) is 0 Å². The van der Waals surface area contributed by atoms with Crippen LogP contribution in [0.2, 0.25) is 0 Å². The molecule has 6 nitrogen and oxygen atoms in total. The molecule has 4 atom stereocenters. The second kappa shape index (κ2) is 7.47. The summed E-state index contributed by atoms with van der Waals surface area (Å²) >= 11 is 8.41. The van der Waals surface area contributed by atoms with E-state index in [9.17, 15) is 28.5 Å². The molecular formula is C8H14F3N2O4S2-. The third kappa shape index (κ3) is 5.69. The van der Waals surface area contributed by atoms with Crippen molar-refractivity contribution in [2.45, 2.75) is 30.7 Å². The number of alkyl halides is 3. The molecule has 0 aromatic rings. The van der Waals surface area contributed by atoms with Crippen LogP contribution in [-0.4, -0.2) is 73.5 Å². The standard InChI is InChI=1S/C8H15F3N2O4S2/c9-8(10,11)13(7(18)19)2-4(15)6(17)5(16)3(14)1-12/h3-6,14-17H,1-2,12H2,(H,18,19)/p-1. The molecule has 4 unspecified atom stereocenters. The first-order valence-corrected chi connectivity index (χ1v) is 5.81. The summed E-state index contributed by atoms with van der Waals surface area (Å²) in [6, 6.07) is 0. The van der Waals surface area contributed by atoms with E-state index in [1.807, 2.05) is 0 Å². The molecule has 11 heteroatoms. The number of nitrogens with zero attached hydrogens (tertiary/aromatic N) is 1. The Bertz CT molecular complexity index is 308. The van der Waals surface area contributed by atoms with Gasteiger partial charge in [0.25, 0.3) is 0 Å². The zero-order valence-electron chi connectivity index (χ0n) is 9.49. The quantitative estimate of drug-likeness (QED) is 0.218. The summed E-state index contributed by atoms with van der Waals surface area (Å²) in [6.07, 6.45) is -12.5. The van der Waals surface area contributed by atoms with Crippen LogP contribution in [0, 0.1) is 0 Å². The molecule has 0 saturated carbocycles. The van der Waals surface area contributed by atoms with E-state index in [0.717, 1.165) is 0 Å². The molecule has 0 aliphatic heterocycles. The fourth-order valence-electron chi connectivity index (χ4n) is 1.17. The minimum absolute atomic E-state index is 0.437. The Morgan fingerprint density at radius 1 is 1.16 bits per heavy atom. The monoisotopic (exact) mass is 323 g/mol. The third-order valence-electron chi connectivity index (χ3n) is 2.28. The van der Waals surface area contributed by atoms with E-state index < -0.39 is 53.0 Å². The van der Waals surface area contributed by atoms with Gasteiger partial charge in [-0.05, 0) is 0 Å². The maximum absolute atomic E-state index is 12.5. The average Bonchev–Trinajstić information content (AvgIpc) is 2.30. The Balaban J connectivity index is 4.74. The molecule has 0 aromatic heterocycles. The lowest BCUT2D eigenvalue weighted by molar-refractivity contribution is -0.225. The number of halogens is 3. The van der Waals surface area contributed by atoms with E-state index >= 15 is 0 Å². The number of hydrogen-bond donors (Lipinski definition) is 5. The van der Waals surface area contributed by atoms with Crippen molar-refractivity contribution in [2.24, 2.45) is 5.73 Å². The first kappa shape index (κ1) is 18.7. The Kier molecular flexibility index (Phi) is 7.36. The molecule has 114 valence electrons. The van der Waals surface area contributed by atoms with Gasteiger partial charge < -0.3 is 51.0 Å². The third-order valence-corrected chi connectivity index (χ3v) is 2.72. The molecular weight excluding hydrogens is 309 g/mol. The summed E-state index contributed by atoms with van der Waals surface area (Å²) in [5.41, 5.74) is 5.00. The van der Waals surface area contributed by atoms with Gasteiger partial charge in [-0.1, -0.05) is 4.32 Å². The number of aliphatic hydroxyl groups excluding tert-OH is 4. The van der Waals surface area contributed by atoms with Crippen LogP contribution in [0.4, 0.5) is 13.2 Å². The first-order chi connectivity index (χ1) is 8.52. The highest BCUT2D eigenvalue weighted by Gasteiger charge is 2.39. The summed E-state index contributed by atoms with van der Waals surface area (Å²) in [5, 5.41) is 37.2. The zero-order valence-corrected chi connectivity index (χ0v) is 11.1. The van der Waals surface area contributed by atoms with Crippen LogP contribution in [0.3, 0.4) is 0 Å². The summed E-state index contributed by atoms with van der Waals surface area (Å²) in [6.45, 7) is -1.60. The van der Waals surface area contributed by atoms with E-state index in [1.54, 1.807) is 0 Å². The van der Waals surface area contributed by atoms with Crippen molar-refractivity contribution < 1.29 is 33.6 Å². The molecule has 0 aliphatic carbocycles. The lowest BCUT2D eigenvalue weighted by atomic mass is 10.0. The van der Waals surface area contributed by atoms with Gasteiger partial charge in [-0.2, -0.15) is 13.2 Å². The molecule has 0 rings (SSSR count). The fourth-order valence-corrected chi connectivity index (χ4v) is 1.53. The van der Waals surface area contributed by atoms with Gasteiger partial charge in [0.1, 0.15) is 18.3 Å². The van der Waals surface area contributed by atoms with Crippen LogP contribution >= 0.6 is 12.2 Å². The van der Waals surface area contributed by atoms with Gasteiger partial charge >= 0.3 is 6.30 Å². The molecule has 0 aromatic carbocycles. The molecule has 0 fully saturated rings. The summed E-state index contributed by atoms with van der Waals surface area (Å²) in [5.74, 6) is 0. The van der Waals surface area contributed by atoms with Crippen molar-refractivity contribution in [2.75, 3.05) is 13.1 Å². The van der Waals surface area contributed by atoms with Gasteiger partial charge in [-0.15, -0.1) is 0 Å². The van der Waals surface area contributed by atoms with Gasteiger partial charge in [0.05, 0.1) is 12.6 Å². The highest BCUT2D eigenvalue weighted by molar-refractivity contribution is 8.00. The van der Waals surface area contributed by atoms with Crippen molar-refractivity contribution in [1.82, 2.24) is 4.90 Å². The van der Waals surface area contributed by atoms with E-state index in [4.69, 9.17) is 10.8 Å². The maximum atomic E-state index is 12.5. The van der Waals surface area contributed by atoms with Gasteiger partial charge in [-0.25, -0.2) is 0 Å². The number of rotatable bonds is 6. The molecule has 0 amide bonds. The Morgan fingerprint density at radius 3 is 1.89 bits per heavy atom.